The molecule has 0 radical (unpaired) electrons. The fraction of sp³-hybridized carbons (Fsp3) is 1.00. The molecular formula is C14H30N2O2. The first kappa shape index (κ1) is 15.9. The number of rotatable bonds is 9. The van der Waals surface area contributed by atoms with Crippen molar-refractivity contribution in [3.8, 4) is 0 Å². The van der Waals surface area contributed by atoms with Gasteiger partial charge >= 0.3 is 0 Å². The van der Waals surface area contributed by atoms with E-state index in [-0.39, 0.29) is 18.2 Å². The van der Waals surface area contributed by atoms with E-state index < -0.39 is 0 Å². The molecule has 1 saturated carbocycles. The van der Waals surface area contributed by atoms with Crippen molar-refractivity contribution in [3.05, 3.63) is 0 Å². The Hall–Kier alpha value is -0.160. The summed E-state index contributed by atoms with van der Waals surface area (Å²) >= 11 is 0. The number of nitrogens with two attached hydrogens (primary N) is 1. The first-order valence-corrected chi connectivity index (χ1v) is 7.17. The van der Waals surface area contributed by atoms with Crippen molar-refractivity contribution in [1.29, 1.82) is 0 Å². The number of ether oxygens (including phenoxy) is 1. The predicted octanol–water partition coefficient (Wildman–Crippen LogP) is 1.37. The van der Waals surface area contributed by atoms with Gasteiger partial charge in [0.25, 0.3) is 0 Å². The average molecular weight is 258 g/mol. The maximum absolute atomic E-state index is 8.96. The van der Waals surface area contributed by atoms with Crippen LogP contribution in [0.5, 0.6) is 0 Å². The first-order valence-electron chi connectivity index (χ1n) is 7.17. The molecule has 1 aliphatic rings. The van der Waals surface area contributed by atoms with Gasteiger partial charge in [-0.3, -0.25) is 0 Å². The van der Waals surface area contributed by atoms with Gasteiger partial charge in [0, 0.05) is 38.9 Å². The zero-order valence-electron chi connectivity index (χ0n) is 12.2. The molecule has 18 heavy (non-hydrogen) atoms. The Morgan fingerprint density at radius 1 is 1.39 bits per heavy atom. The van der Waals surface area contributed by atoms with E-state index in [2.05, 4.69) is 4.90 Å². The smallest absolute Gasteiger partial charge is 0.0773 e. The van der Waals surface area contributed by atoms with E-state index in [4.69, 9.17) is 15.6 Å². The Balaban J connectivity index is 2.36. The maximum atomic E-state index is 8.96. The van der Waals surface area contributed by atoms with Crippen LogP contribution in [-0.2, 0) is 4.74 Å². The van der Waals surface area contributed by atoms with Crippen LogP contribution in [0.4, 0.5) is 0 Å². The van der Waals surface area contributed by atoms with Gasteiger partial charge < -0.3 is 20.5 Å². The molecule has 0 aromatic carbocycles. The summed E-state index contributed by atoms with van der Waals surface area (Å²) in [7, 11) is 1.72. The Labute approximate surface area is 111 Å². The lowest BCUT2D eigenvalue weighted by Gasteiger charge is -2.39. The van der Waals surface area contributed by atoms with E-state index in [1.807, 2.05) is 13.8 Å². The van der Waals surface area contributed by atoms with Crippen LogP contribution in [0.15, 0.2) is 0 Å². The van der Waals surface area contributed by atoms with Crippen LogP contribution in [0.2, 0.25) is 0 Å². The van der Waals surface area contributed by atoms with Gasteiger partial charge in [0.2, 0.25) is 0 Å². The molecule has 0 aliphatic heterocycles. The maximum Gasteiger partial charge on any atom is 0.0773 e. The van der Waals surface area contributed by atoms with Gasteiger partial charge in [-0.25, -0.2) is 0 Å². The zero-order chi connectivity index (χ0) is 13.6. The van der Waals surface area contributed by atoms with E-state index in [0.717, 1.165) is 32.0 Å². The molecule has 108 valence electrons. The molecule has 4 nitrogen and oxygen atoms in total. The van der Waals surface area contributed by atoms with Crippen LogP contribution in [0, 0.1) is 0 Å². The highest BCUT2D eigenvalue weighted by molar-refractivity contribution is 4.86. The molecule has 0 aromatic heterocycles. The predicted molar refractivity (Wildman–Crippen MR) is 74.6 cm³/mol. The largest absolute Gasteiger partial charge is 0.396 e. The molecule has 1 atom stereocenters. The molecule has 1 fully saturated rings. The highest BCUT2D eigenvalue weighted by Crippen LogP contribution is 2.25. The van der Waals surface area contributed by atoms with Crippen LogP contribution in [0.25, 0.3) is 0 Å². The van der Waals surface area contributed by atoms with Gasteiger partial charge in [0.15, 0.2) is 0 Å². The summed E-state index contributed by atoms with van der Waals surface area (Å²) in [5.41, 5.74) is 5.94. The lowest BCUT2D eigenvalue weighted by molar-refractivity contribution is -0.00634. The van der Waals surface area contributed by atoms with E-state index in [0.29, 0.717) is 0 Å². The summed E-state index contributed by atoms with van der Waals surface area (Å²) in [6.07, 6.45) is 5.75. The molecule has 0 spiro atoms. The van der Waals surface area contributed by atoms with Crippen molar-refractivity contribution in [1.82, 2.24) is 4.90 Å². The minimum Gasteiger partial charge on any atom is -0.396 e. The Kier molecular flexibility index (Phi) is 6.57. The third kappa shape index (κ3) is 4.50. The summed E-state index contributed by atoms with van der Waals surface area (Å²) in [5, 5.41) is 8.96. The molecule has 4 heteroatoms. The molecule has 0 heterocycles. The minimum atomic E-state index is -0.262. The summed E-state index contributed by atoms with van der Waals surface area (Å²) in [6, 6.07) is 0.772. The zero-order valence-corrected chi connectivity index (χ0v) is 12.2. The van der Waals surface area contributed by atoms with Crippen molar-refractivity contribution in [3.63, 3.8) is 0 Å². The van der Waals surface area contributed by atoms with Crippen LogP contribution < -0.4 is 5.73 Å². The number of aliphatic hydroxyl groups is 1. The second kappa shape index (κ2) is 7.43. The highest BCUT2D eigenvalue weighted by atomic mass is 16.5. The fourth-order valence-electron chi connectivity index (χ4n) is 2.31. The van der Waals surface area contributed by atoms with Crippen molar-refractivity contribution in [2.75, 3.05) is 26.8 Å². The fourth-order valence-corrected chi connectivity index (χ4v) is 2.31. The number of hydrogen-bond donors (Lipinski definition) is 2. The summed E-state index contributed by atoms with van der Waals surface area (Å²) in [4.78, 5) is 2.49. The number of nitrogens with zero attached hydrogens (tertiary/aromatic N) is 1. The third-order valence-electron chi connectivity index (χ3n) is 4.34. The molecule has 0 amide bonds. The van der Waals surface area contributed by atoms with Gasteiger partial charge in [-0.05, 0) is 39.5 Å². The molecule has 0 aromatic rings. The molecule has 1 rings (SSSR count). The van der Waals surface area contributed by atoms with Gasteiger partial charge in [0.1, 0.15) is 0 Å². The molecular weight excluding hydrogens is 228 g/mol. The van der Waals surface area contributed by atoms with Gasteiger partial charge in [-0.15, -0.1) is 0 Å². The van der Waals surface area contributed by atoms with E-state index in [9.17, 15) is 0 Å². The Bertz CT molecular complexity index is 230. The van der Waals surface area contributed by atoms with E-state index >= 15 is 0 Å². The Morgan fingerprint density at radius 2 is 2.06 bits per heavy atom. The summed E-state index contributed by atoms with van der Waals surface area (Å²) in [6.45, 7) is 6.36. The van der Waals surface area contributed by atoms with Crippen LogP contribution in [0.3, 0.4) is 0 Å². The number of methoxy groups -OCH3 is 1. The van der Waals surface area contributed by atoms with Crippen LogP contribution in [-0.4, -0.2) is 54.5 Å². The topological polar surface area (TPSA) is 58.7 Å². The summed E-state index contributed by atoms with van der Waals surface area (Å²) < 4.78 is 5.43. The van der Waals surface area contributed by atoms with Gasteiger partial charge in [-0.2, -0.15) is 0 Å². The van der Waals surface area contributed by atoms with Crippen molar-refractivity contribution in [2.45, 2.75) is 63.6 Å². The highest BCUT2D eigenvalue weighted by Gasteiger charge is 2.29. The quantitative estimate of drug-likeness (QED) is 0.656. The molecule has 1 unspecified atom stereocenters. The van der Waals surface area contributed by atoms with E-state index in [1.54, 1.807) is 7.11 Å². The second-order valence-corrected chi connectivity index (χ2v) is 5.90. The van der Waals surface area contributed by atoms with E-state index in [1.165, 1.54) is 19.3 Å². The van der Waals surface area contributed by atoms with Crippen LogP contribution in [0.1, 0.15) is 46.0 Å². The first-order chi connectivity index (χ1) is 8.51. The minimum absolute atomic E-state index is 0.0548. The Morgan fingerprint density at radius 3 is 2.50 bits per heavy atom. The van der Waals surface area contributed by atoms with Crippen LogP contribution >= 0.6 is 0 Å². The molecule has 1 aliphatic carbocycles. The van der Waals surface area contributed by atoms with Gasteiger partial charge in [-0.1, -0.05) is 6.42 Å². The molecule has 0 saturated heterocycles. The summed E-state index contributed by atoms with van der Waals surface area (Å²) in [5.74, 6) is 0. The lowest BCUT2D eigenvalue weighted by Crippen LogP contribution is -2.48. The number of aliphatic hydroxyl groups excluding tert-OH is 1. The third-order valence-corrected chi connectivity index (χ3v) is 4.34. The average Bonchev–Trinajstić information content (AvgIpc) is 2.29. The monoisotopic (exact) mass is 258 g/mol. The van der Waals surface area contributed by atoms with Crippen molar-refractivity contribution < 1.29 is 9.84 Å². The van der Waals surface area contributed by atoms with Gasteiger partial charge in [0.05, 0.1) is 5.60 Å². The van der Waals surface area contributed by atoms with Crippen molar-refractivity contribution in [2.24, 2.45) is 5.73 Å². The normalized spacial score (nSPS) is 19.0. The lowest BCUT2D eigenvalue weighted by atomic mass is 9.90. The SMILES string of the molecule is COC(C)(C)C(N)CCN(CCCO)C1CCC1. The molecule has 3 N–H and O–H groups in total. The standard InChI is InChI=1S/C14H30N2O2/c1-14(2,18-3)13(15)8-10-16(9-5-11-17)12-6-4-7-12/h12-13,17H,4-11,15H2,1-3H3. The second-order valence-electron chi connectivity index (χ2n) is 5.90. The number of hydrogen-bond acceptors (Lipinski definition) is 4. The van der Waals surface area contributed by atoms with Crippen molar-refractivity contribution >= 4 is 0 Å². The molecule has 0 bridgehead atoms.